The van der Waals surface area contributed by atoms with Crippen molar-refractivity contribution in [3.63, 3.8) is 0 Å². The van der Waals surface area contributed by atoms with Crippen LogP contribution in [0.3, 0.4) is 0 Å². The number of benzene rings is 1. The first-order valence-electron chi connectivity index (χ1n) is 10.3. The summed E-state index contributed by atoms with van der Waals surface area (Å²) in [5.74, 6) is -0.347. The maximum absolute atomic E-state index is 12.0. The molecule has 0 unspecified atom stereocenters. The number of rotatable bonds is 6. The lowest BCUT2D eigenvalue weighted by Gasteiger charge is -2.11. The second kappa shape index (κ2) is 9.91. The number of esters is 2. The number of hydrogen-bond donors (Lipinski definition) is 0. The van der Waals surface area contributed by atoms with E-state index in [1.807, 2.05) is 36.4 Å². The van der Waals surface area contributed by atoms with Gasteiger partial charge in [-0.2, -0.15) is 0 Å². The molecule has 0 aliphatic heterocycles. The molecule has 4 aromatic rings. The van der Waals surface area contributed by atoms with Crippen molar-refractivity contribution in [3.8, 4) is 39.7 Å². The van der Waals surface area contributed by atoms with Crippen molar-refractivity contribution in [1.82, 2.24) is 15.0 Å². The van der Waals surface area contributed by atoms with Crippen LogP contribution in [-0.2, 0) is 9.47 Å². The Bertz CT molecular complexity index is 1280. The van der Waals surface area contributed by atoms with Crippen molar-refractivity contribution in [2.45, 2.75) is 0 Å². The van der Waals surface area contributed by atoms with Crippen molar-refractivity contribution < 1.29 is 23.8 Å². The van der Waals surface area contributed by atoms with Gasteiger partial charge in [-0.1, -0.05) is 24.3 Å². The van der Waals surface area contributed by atoms with Gasteiger partial charge in [0.1, 0.15) is 17.1 Å². The summed E-state index contributed by atoms with van der Waals surface area (Å²) in [7, 11) is 4.21. The predicted molar refractivity (Wildman–Crippen MR) is 125 cm³/mol. The van der Waals surface area contributed by atoms with Crippen LogP contribution in [0.2, 0.25) is 0 Å². The molecule has 4 rings (SSSR count). The fourth-order valence-electron chi connectivity index (χ4n) is 3.33. The Hall–Kier alpha value is -4.59. The number of aromatic nitrogens is 3. The van der Waals surface area contributed by atoms with Crippen LogP contribution in [0.15, 0.2) is 72.8 Å². The molecule has 0 bridgehead atoms. The summed E-state index contributed by atoms with van der Waals surface area (Å²) in [5.41, 5.74) is 4.14. The van der Waals surface area contributed by atoms with Crippen LogP contribution < -0.4 is 4.74 Å². The molecule has 0 radical (unpaired) electrons. The third-order valence-corrected chi connectivity index (χ3v) is 5.06. The number of nitrogens with zero attached hydrogens (tertiary/aromatic N) is 3. The monoisotopic (exact) mass is 455 g/mol. The fraction of sp³-hybridized carbons (Fsp3) is 0.115. The molecule has 0 aliphatic carbocycles. The molecule has 0 saturated heterocycles. The van der Waals surface area contributed by atoms with Gasteiger partial charge in [0.25, 0.3) is 0 Å². The van der Waals surface area contributed by atoms with Gasteiger partial charge < -0.3 is 14.2 Å². The van der Waals surface area contributed by atoms with Crippen LogP contribution in [0.1, 0.15) is 21.0 Å². The van der Waals surface area contributed by atoms with Crippen molar-refractivity contribution in [1.29, 1.82) is 0 Å². The average molecular weight is 455 g/mol. The predicted octanol–water partition coefficient (Wildman–Crippen LogP) is 4.45. The Balaban J connectivity index is 1.88. The Kier molecular flexibility index (Phi) is 6.59. The van der Waals surface area contributed by atoms with E-state index in [-0.39, 0.29) is 11.4 Å². The highest BCUT2D eigenvalue weighted by Crippen LogP contribution is 2.30. The maximum Gasteiger partial charge on any atom is 0.356 e. The van der Waals surface area contributed by atoms with Gasteiger partial charge in [-0.05, 0) is 59.7 Å². The topological polar surface area (TPSA) is 100 Å². The molecule has 0 saturated carbocycles. The lowest BCUT2D eigenvalue weighted by atomic mass is 10.0. The molecule has 170 valence electrons. The van der Waals surface area contributed by atoms with Crippen LogP contribution in [0.25, 0.3) is 33.9 Å². The highest BCUT2D eigenvalue weighted by Gasteiger charge is 2.15. The molecule has 34 heavy (non-hydrogen) atoms. The van der Waals surface area contributed by atoms with Crippen molar-refractivity contribution in [3.05, 3.63) is 84.2 Å². The molecule has 8 nitrogen and oxygen atoms in total. The van der Waals surface area contributed by atoms with Gasteiger partial charge in [-0.3, -0.25) is 0 Å². The smallest absolute Gasteiger partial charge is 0.356 e. The minimum absolute atomic E-state index is 0.170. The number of carbonyl (C=O) groups excluding carboxylic acids is 2. The molecule has 0 fully saturated rings. The minimum Gasteiger partial charge on any atom is -0.497 e. The highest BCUT2D eigenvalue weighted by molar-refractivity contribution is 5.88. The first kappa shape index (κ1) is 22.6. The molecule has 3 aromatic heterocycles. The summed E-state index contributed by atoms with van der Waals surface area (Å²) in [6.45, 7) is 0. The number of ether oxygens (including phenoxy) is 3. The number of pyridine rings is 3. The molecular formula is C26H21N3O5. The van der Waals surface area contributed by atoms with Crippen LogP contribution >= 0.6 is 0 Å². The molecule has 0 spiro atoms. The number of hydrogen-bond acceptors (Lipinski definition) is 8. The van der Waals surface area contributed by atoms with Crippen molar-refractivity contribution in [2.24, 2.45) is 0 Å². The minimum atomic E-state index is -0.541. The van der Waals surface area contributed by atoms with E-state index in [1.165, 1.54) is 14.2 Å². The van der Waals surface area contributed by atoms with E-state index >= 15 is 0 Å². The van der Waals surface area contributed by atoms with E-state index < -0.39 is 11.9 Å². The summed E-state index contributed by atoms with van der Waals surface area (Å²) in [6, 6.07) is 21.4. The van der Waals surface area contributed by atoms with Crippen LogP contribution in [0, 0.1) is 0 Å². The van der Waals surface area contributed by atoms with Crippen LogP contribution in [0.5, 0.6) is 5.75 Å². The van der Waals surface area contributed by atoms with Crippen LogP contribution in [-0.4, -0.2) is 48.2 Å². The van der Waals surface area contributed by atoms with Crippen LogP contribution in [0.4, 0.5) is 0 Å². The molecule has 8 heteroatoms. The fourth-order valence-corrected chi connectivity index (χ4v) is 3.33. The van der Waals surface area contributed by atoms with Gasteiger partial charge in [0.05, 0.1) is 44.1 Å². The van der Waals surface area contributed by atoms with E-state index in [1.54, 1.807) is 43.5 Å². The Morgan fingerprint density at radius 2 is 1.09 bits per heavy atom. The Labute approximate surface area is 196 Å². The van der Waals surface area contributed by atoms with Gasteiger partial charge in [-0.25, -0.2) is 24.5 Å². The van der Waals surface area contributed by atoms with Gasteiger partial charge in [0.2, 0.25) is 0 Å². The van der Waals surface area contributed by atoms with E-state index in [0.717, 1.165) is 16.9 Å². The van der Waals surface area contributed by atoms with Crippen molar-refractivity contribution >= 4 is 11.9 Å². The number of methoxy groups -OCH3 is 3. The Morgan fingerprint density at radius 1 is 0.588 bits per heavy atom. The lowest BCUT2D eigenvalue weighted by Crippen LogP contribution is -2.06. The first-order chi connectivity index (χ1) is 16.5. The molecule has 0 atom stereocenters. The zero-order valence-corrected chi connectivity index (χ0v) is 18.8. The maximum atomic E-state index is 12.0. The lowest BCUT2D eigenvalue weighted by molar-refractivity contribution is 0.0585. The average Bonchev–Trinajstić information content (AvgIpc) is 2.92. The van der Waals surface area contributed by atoms with Gasteiger partial charge in [0.15, 0.2) is 0 Å². The first-order valence-corrected chi connectivity index (χ1v) is 10.3. The number of carbonyl (C=O) groups is 2. The zero-order valence-electron chi connectivity index (χ0n) is 18.8. The van der Waals surface area contributed by atoms with E-state index in [4.69, 9.17) is 19.2 Å². The largest absolute Gasteiger partial charge is 0.497 e. The molecular weight excluding hydrogens is 434 g/mol. The molecule has 0 N–H and O–H groups in total. The van der Waals surface area contributed by atoms with Crippen molar-refractivity contribution in [2.75, 3.05) is 21.3 Å². The summed E-state index contributed by atoms with van der Waals surface area (Å²) in [4.78, 5) is 37.6. The highest BCUT2D eigenvalue weighted by atomic mass is 16.5. The summed E-state index contributed by atoms with van der Waals surface area (Å²) >= 11 is 0. The summed E-state index contributed by atoms with van der Waals surface area (Å²) in [5, 5.41) is 0. The third kappa shape index (κ3) is 4.75. The molecule has 0 amide bonds. The van der Waals surface area contributed by atoms with E-state index in [2.05, 4.69) is 9.97 Å². The SMILES string of the molecule is COC(=O)c1cccc(-c2cc(-c3ccc(OC)cc3)cc(-c3cccc(C(=O)OC)n3)n2)n1. The van der Waals surface area contributed by atoms with Gasteiger partial charge in [-0.15, -0.1) is 0 Å². The Morgan fingerprint density at radius 3 is 1.53 bits per heavy atom. The van der Waals surface area contributed by atoms with Gasteiger partial charge in [0, 0.05) is 0 Å². The van der Waals surface area contributed by atoms with Gasteiger partial charge >= 0.3 is 11.9 Å². The third-order valence-electron chi connectivity index (χ3n) is 5.06. The molecule has 3 heterocycles. The summed E-state index contributed by atoms with van der Waals surface area (Å²) in [6.07, 6.45) is 0. The standard InChI is InChI=1S/C26H21N3O5/c1-32-18-12-10-16(11-13-18)17-14-23(19-6-4-8-21(27-19)25(30)33-2)29-24(15-17)20-7-5-9-22(28-20)26(31)34-3/h4-15H,1-3H3. The second-order valence-electron chi connectivity index (χ2n) is 7.15. The quantitative estimate of drug-likeness (QED) is 0.393. The molecule has 1 aromatic carbocycles. The van der Waals surface area contributed by atoms with E-state index in [9.17, 15) is 9.59 Å². The summed E-state index contributed by atoms with van der Waals surface area (Å²) < 4.78 is 14.9. The van der Waals surface area contributed by atoms with E-state index in [0.29, 0.717) is 22.8 Å². The molecule has 0 aliphatic rings. The normalized spacial score (nSPS) is 10.4. The second-order valence-corrected chi connectivity index (χ2v) is 7.15. The zero-order chi connectivity index (χ0) is 24.1.